The van der Waals surface area contributed by atoms with Gasteiger partial charge in [0, 0.05) is 39.0 Å². The predicted molar refractivity (Wildman–Crippen MR) is 144 cm³/mol. The smallest absolute Gasteiger partial charge is 0.222 e. The van der Waals surface area contributed by atoms with Crippen LogP contribution in [0.3, 0.4) is 0 Å². The lowest BCUT2D eigenvalue weighted by Gasteiger charge is -2.36. The summed E-state index contributed by atoms with van der Waals surface area (Å²) >= 11 is 0. The third-order valence-electron chi connectivity index (χ3n) is 7.92. The van der Waals surface area contributed by atoms with E-state index in [9.17, 15) is 9.18 Å². The second-order valence-electron chi connectivity index (χ2n) is 11.1. The zero-order valence-corrected chi connectivity index (χ0v) is 22.4. The van der Waals surface area contributed by atoms with E-state index in [0.29, 0.717) is 25.4 Å². The molecule has 1 amide bonds. The highest BCUT2D eigenvalue weighted by molar-refractivity contribution is 5.91. The van der Waals surface area contributed by atoms with E-state index in [1.165, 1.54) is 37.8 Å². The maximum absolute atomic E-state index is 13.6. The Morgan fingerprint density at radius 1 is 1.05 bits per heavy atom. The molecule has 1 saturated carbocycles. The SMILES string of the molecule is Cc1nn(-c2ccc(F)cc2)c2nc(CCC(C)C)nc(N3CCN(C(=O)CCC4CCCC4)CC3)c12. The van der Waals surface area contributed by atoms with Crippen LogP contribution in [0.15, 0.2) is 24.3 Å². The first-order valence-electron chi connectivity index (χ1n) is 13.9. The van der Waals surface area contributed by atoms with Gasteiger partial charge in [-0.15, -0.1) is 0 Å². The van der Waals surface area contributed by atoms with Crippen LogP contribution in [0.1, 0.15) is 70.3 Å². The summed E-state index contributed by atoms with van der Waals surface area (Å²) in [6, 6.07) is 6.35. The average Bonchev–Trinajstić information content (AvgIpc) is 3.54. The minimum Gasteiger partial charge on any atom is -0.352 e. The van der Waals surface area contributed by atoms with Gasteiger partial charge in [0.1, 0.15) is 17.5 Å². The molecule has 0 atom stereocenters. The average molecular weight is 507 g/mol. The van der Waals surface area contributed by atoms with Gasteiger partial charge in [-0.2, -0.15) is 5.10 Å². The Morgan fingerprint density at radius 3 is 2.43 bits per heavy atom. The molecule has 37 heavy (non-hydrogen) atoms. The van der Waals surface area contributed by atoms with Crippen molar-refractivity contribution in [3.63, 3.8) is 0 Å². The lowest BCUT2D eigenvalue weighted by molar-refractivity contribution is -0.131. The number of piperazine rings is 1. The van der Waals surface area contributed by atoms with E-state index in [-0.39, 0.29) is 11.7 Å². The Labute approximate surface area is 219 Å². The van der Waals surface area contributed by atoms with Gasteiger partial charge in [0.25, 0.3) is 0 Å². The normalized spacial score (nSPS) is 16.9. The summed E-state index contributed by atoms with van der Waals surface area (Å²) in [6.07, 6.45) is 8.70. The van der Waals surface area contributed by atoms with Crippen molar-refractivity contribution in [1.82, 2.24) is 24.6 Å². The monoisotopic (exact) mass is 506 g/mol. The number of aryl methyl sites for hydroxylation is 2. The van der Waals surface area contributed by atoms with Gasteiger partial charge in [-0.1, -0.05) is 39.5 Å². The molecule has 3 heterocycles. The van der Waals surface area contributed by atoms with Crippen LogP contribution in [0, 0.1) is 24.6 Å². The summed E-state index contributed by atoms with van der Waals surface area (Å²) in [5.41, 5.74) is 2.37. The molecule has 0 unspecified atom stereocenters. The van der Waals surface area contributed by atoms with Gasteiger partial charge in [-0.05, 0) is 55.9 Å². The van der Waals surface area contributed by atoms with Gasteiger partial charge < -0.3 is 9.80 Å². The van der Waals surface area contributed by atoms with Gasteiger partial charge >= 0.3 is 0 Å². The van der Waals surface area contributed by atoms with E-state index in [1.807, 2.05) is 11.8 Å². The molecule has 1 aliphatic heterocycles. The Kier molecular flexibility index (Phi) is 7.72. The van der Waals surface area contributed by atoms with Crippen molar-refractivity contribution in [1.29, 1.82) is 0 Å². The number of hydrogen-bond acceptors (Lipinski definition) is 5. The molecule has 5 rings (SSSR count). The highest BCUT2D eigenvalue weighted by Crippen LogP contribution is 2.31. The fourth-order valence-corrected chi connectivity index (χ4v) is 5.68. The van der Waals surface area contributed by atoms with Crippen LogP contribution in [-0.2, 0) is 11.2 Å². The number of halogens is 1. The second-order valence-corrected chi connectivity index (χ2v) is 11.1. The molecule has 8 heteroatoms. The molecule has 2 fully saturated rings. The van der Waals surface area contributed by atoms with Crippen LogP contribution < -0.4 is 4.90 Å². The summed E-state index contributed by atoms with van der Waals surface area (Å²) < 4.78 is 15.4. The predicted octanol–water partition coefficient (Wildman–Crippen LogP) is 5.47. The molecule has 0 radical (unpaired) electrons. The molecule has 0 spiro atoms. The fourth-order valence-electron chi connectivity index (χ4n) is 5.68. The number of nitrogens with zero attached hydrogens (tertiary/aromatic N) is 6. The number of amides is 1. The highest BCUT2D eigenvalue weighted by atomic mass is 19.1. The number of benzene rings is 1. The largest absolute Gasteiger partial charge is 0.352 e. The second kappa shape index (κ2) is 11.2. The van der Waals surface area contributed by atoms with E-state index in [0.717, 1.165) is 72.3 Å². The third-order valence-corrected chi connectivity index (χ3v) is 7.92. The first kappa shape index (κ1) is 25.6. The summed E-state index contributed by atoms with van der Waals surface area (Å²) in [5.74, 6) is 3.00. The number of hydrogen-bond donors (Lipinski definition) is 0. The molecule has 1 saturated heterocycles. The van der Waals surface area contributed by atoms with Crippen LogP contribution in [0.25, 0.3) is 16.7 Å². The molecule has 2 aromatic heterocycles. The van der Waals surface area contributed by atoms with Crippen LogP contribution in [-0.4, -0.2) is 56.7 Å². The number of carbonyl (C=O) groups is 1. The zero-order chi connectivity index (χ0) is 25.9. The molecular formula is C29H39FN6O. The third kappa shape index (κ3) is 5.78. The van der Waals surface area contributed by atoms with Crippen molar-refractivity contribution in [3.05, 3.63) is 41.6 Å². The van der Waals surface area contributed by atoms with Crippen molar-refractivity contribution in [2.24, 2.45) is 11.8 Å². The van der Waals surface area contributed by atoms with E-state index in [2.05, 4.69) is 18.7 Å². The first-order chi connectivity index (χ1) is 17.9. The zero-order valence-electron chi connectivity index (χ0n) is 22.4. The lowest BCUT2D eigenvalue weighted by atomic mass is 10.0. The van der Waals surface area contributed by atoms with Crippen molar-refractivity contribution >= 4 is 22.8 Å². The van der Waals surface area contributed by atoms with E-state index in [4.69, 9.17) is 15.1 Å². The van der Waals surface area contributed by atoms with E-state index >= 15 is 0 Å². The van der Waals surface area contributed by atoms with Gasteiger partial charge in [0.2, 0.25) is 5.91 Å². The summed E-state index contributed by atoms with van der Waals surface area (Å²) in [4.78, 5) is 27.2. The molecule has 1 aliphatic carbocycles. The Hall–Kier alpha value is -3.03. The van der Waals surface area contributed by atoms with Crippen molar-refractivity contribution in [3.8, 4) is 5.69 Å². The van der Waals surface area contributed by atoms with Gasteiger partial charge in [-0.25, -0.2) is 19.0 Å². The Bertz CT molecular complexity index is 1220. The van der Waals surface area contributed by atoms with Gasteiger partial charge in [0.15, 0.2) is 5.65 Å². The summed E-state index contributed by atoms with van der Waals surface area (Å²) in [5, 5.41) is 5.72. The molecule has 0 N–H and O–H groups in total. The minimum absolute atomic E-state index is 0.277. The molecule has 1 aromatic carbocycles. The van der Waals surface area contributed by atoms with Gasteiger partial charge in [-0.3, -0.25) is 4.79 Å². The van der Waals surface area contributed by atoms with Gasteiger partial charge in [0.05, 0.1) is 16.8 Å². The summed E-state index contributed by atoms with van der Waals surface area (Å²) in [7, 11) is 0. The Balaban J connectivity index is 1.39. The van der Waals surface area contributed by atoms with Crippen LogP contribution >= 0.6 is 0 Å². The van der Waals surface area contributed by atoms with E-state index < -0.39 is 0 Å². The fraction of sp³-hybridized carbons (Fsp3) is 0.586. The molecule has 3 aromatic rings. The number of rotatable bonds is 8. The van der Waals surface area contributed by atoms with Crippen molar-refractivity contribution in [2.45, 2.75) is 72.1 Å². The summed E-state index contributed by atoms with van der Waals surface area (Å²) in [6.45, 7) is 9.29. The maximum Gasteiger partial charge on any atom is 0.222 e. The number of aromatic nitrogens is 4. The highest BCUT2D eigenvalue weighted by Gasteiger charge is 2.27. The van der Waals surface area contributed by atoms with Crippen molar-refractivity contribution < 1.29 is 9.18 Å². The first-order valence-corrected chi connectivity index (χ1v) is 13.9. The molecule has 198 valence electrons. The van der Waals surface area contributed by atoms with Crippen LogP contribution in [0.5, 0.6) is 0 Å². The quantitative estimate of drug-likeness (QED) is 0.405. The molecule has 0 bridgehead atoms. The maximum atomic E-state index is 13.6. The molecular weight excluding hydrogens is 467 g/mol. The minimum atomic E-state index is -0.277. The topological polar surface area (TPSA) is 67.2 Å². The number of anilines is 1. The molecule has 2 aliphatic rings. The standard InChI is InChI=1S/C29H39FN6O/c1-20(2)8-14-25-31-28(27-21(3)33-36(29(27)32-25)24-12-10-23(30)11-13-24)35-18-16-34(17-19-35)26(37)15-9-22-6-4-5-7-22/h10-13,20,22H,4-9,14-19H2,1-3H3. The molecule has 7 nitrogen and oxygen atoms in total. The van der Waals surface area contributed by atoms with E-state index in [1.54, 1.807) is 16.8 Å². The van der Waals surface area contributed by atoms with Crippen LogP contribution in [0.4, 0.5) is 10.2 Å². The Morgan fingerprint density at radius 2 is 1.76 bits per heavy atom. The number of fused-ring (bicyclic) bond motifs is 1. The lowest BCUT2D eigenvalue weighted by Crippen LogP contribution is -2.49. The van der Waals surface area contributed by atoms with Crippen LogP contribution in [0.2, 0.25) is 0 Å². The number of carbonyl (C=O) groups excluding carboxylic acids is 1. The van der Waals surface area contributed by atoms with Crippen molar-refractivity contribution in [2.75, 3.05) is 31.1 Å².